The van der Waals surface area contributed by atoms with Gasteiger partial charge in [0.1, 0.15) is 6.10 Å². The van der Waals surface area contributed by atoms with Crippen LogP contribution in [0.4, 0.5) is 0 Å². The average molecular weight is 371 g/mol. The first-order valence-electron chi connectivity index (χ1n) is 11.3. The fraction of sp³-hybridized carbons (Fsp3) is 0.833. The minimum atomic E-state index is -0.118. The number of ketones is 1. The Bertz CT molecular complexity index is 681. The SMILES string of the molecule is CC(=O)O[C@@H]1CC[C@@]2(C)[C@@H](CC[C@@H]3[C@@H]2CC[C@]24C=CC(=O)C[C@H]2CC[C@@H]34)C1. The fourth-order valence-electron chi connectivity index (χ4n) is 8.59. The highest BCUT2D eigenvalue weighted by Crippen LogP contribution is 2.68. The molecule has 1 spiro atoms. The number of esters is 1. The van der Waals surface area contributed by atoms with Crippen molar-refractivity contribution < 1.29 is 14.3 Å². The topological polar surface area (TPSA) is 43.4 Å². The summed E-state index contributed by atoms with van der Waals surface area (Å²) in [6, 6.07) is 0. The molecule has 0 aromatic heterocycles. The predicted octanol–water partition coefficient (Wildman–Crippen LogP) is 5.09. The summed E-state index contributed by atoms with van der Waals surface area (Å²) in [6.45, 7) is 4.10. The molecule has 0 amide bonds. The highest BCUT2D eigenvalue weighted by atomic mass is 16.5. The van der Waals surface area contributed by atoms with Crippen LogP contribution in [-0.2, 0) is 14.3 Å². The van der Waals surface area contributed by atoms with Crippen molar-refractivity contribution >= 4 is 11.8 Å². The molecule has 5 aliphatic carbocycles. The average Bonchev–Trinajstić information content (AvgIpc) is 3.01. The van der Waals surface area contributed by atoms with Crippen LogP contribution in [0.3, 0.4) is 0 Å². The molecule has 5 rings (SSSR count). The van der Waals surface area contributed by atoms with Crippen LogP contribution in [0.1, 0.15) is 78.1 Å². The quantitative estimate of drug-likeness (QED) is 0.604. The van der Waals surface area contributed by atoms with Crippen LogP contribution in [0.2, 0.25) is 0 Å². The van der Waals surface area contributed by atoms with Crippen LogP contribution in [0.25, 0.3) is 0 Å². The molecule has 4 fully saturated rings. The molecule has 148 valence electrons. The molecule has 8 atom stereocenters. The molecular weight excluding hydrogens is 336 g/mol. The van der Waals surface area contributed by atoms with Gasteiger partial charge in [-0.05, 0) is 104 Å². The van der Waals surface area contributed by atoms with E-state index in [1.165, 1.54) is 44.9 Å². The lowest BCUT2D eigenvalue weighted by atomic mass is 9.44. The third kappa shape index (κ3) is 2.59. The van der Waals surface area contributed by atoms with Crippen LogP contribution in [0.15, 0.2) is 12.2 Å². The molecular formula is C24H34O3. The molecule has 0 radical (unpaired) electrons. The lowest BCUT2D eigenvalue weighted by Crippen LogP contribution is -2.54. The number of carbonyl (C=O) groups is 2. The maximum absolute atomic E-state index is 12.0. The van der Waals surface area contributed by atoms with Crippen molar-refractivity contribution in [2.24, 2.45) is 40.4 Å². The predicted molar refractivity (Wildman–Crippen MR) is 104 cm³/mol. The van der Waals surface area contributed by atoms with Gasteiger partial charge in [-0.25, -0.2) is 0 Å². The van der Waals surface area contributed by atoms with E-state index in [0.29, 0.717) is 28.4 Å². The summed E-state index contributed by atoms with van der Waals surface area (Å²) in [7, 11) is 0. The van der Waals surface area contributed by atoms with Gasteiger partial charge in [-0.1, -0.05) is 13.0 Å². The van der Waals surface area contributed by atoms with Crippen molar-refractivity contribution in [1.29, 1.82) is 0 Å². The second-order valence-corrected chi connectivity index (χ2v) is 10.6. The molecule has 0 heterocycles. The Morgan fingerprint density at radius 3 is 2.67 bits per heavy atom. The zero-order chi connectivity index (χ0) is 18.8. The first kappa shape index (κ1) is 17.9. The van der Waals surface area contributed by atoms with Crippen molar-refractivity contribution in [3.63, 3.8) is 0 Å². The molecule has 0 saturated heterocycles. The Kier molecular flexibility index (Phi) is 4.11. The van der Waals surface area contributed by atoms with E-state index in [1.54, 1.807) is 6.92 Å². The maximum Gasteiger partial charge on any atom is 0.302 e. The van der Waals surface area contributed by atoms with Crippen molar-refractivity contribution in [3.05, 3.63) is 12.2 Å². The van der Waals surface area contributed by atoms with E-state index < -0.39 is 0 Å². The zero-order valence-corrected chi connectivity index (χ0v) is 16.9. The monoisotopic (exact) mass is 370 g/mol. The van der Waals surface area contributed by atoms with Gasteiger partial charge in [-0.3, -0.25) is 9.59 Å². The van der Waals surface area contributed by atoms with Gasteiger partial charge in [-0.15, -0.1) is 0 Å². The van der Waals surface area contributed by atoms with Gasteiger partial charge in [0.2, 0.25) is 0 Å². The molecule has 3 nitrogen and oxygen atoms in total. The number of carbonyl (C=O) groups excluding carboxylic acids is 2. The standard InChI is InChI=1S/C24H34O3/c1-15(25)27-19-8-10-23(2)16(14-19)3-5-20-21(23)9-12-24-11-7-18(26)13-17(24)4-6-22(20)24/h7,11,16-17,19-22H,3-6,8-10,12-14H2,1-2H3/t16-,17+,19+,20+,21-,22-,23-,24+/m0/s1. The van der Waals surface area contributed by atoms with Gasteiger partial charge in [0.25, 0.3) is 0 Å². The van der Waals surface area contributed by atoms with E-state index in [1.807, 2.05) is 6.08 Å². The normalized spacial score (nSPS) is 51.0. The second-order valence-electron chi connectivity index (χ2n) is 10.6. The number of rotatable bonds is 1. The summed E-state index contributed by atoms with van der Waals surface area (Å²) in [5.74, 6) is 4.04. The van der Waals surface area contributed by atoms with Crippen LogP contribution < -0.4 is 0 Å². The van der Waals surface area contributed by atoms with Crippen molar-refractivity contribution in [2.75, 3.05) is 0 Å². The van der Waals surface area contributed by atoms with Gasteiger partial charge < -0.3 is 4.74 Å². The molecule has 0 aromatic rings. The highest BCUT2D eigenvalue weighted by Gasteiger charge is 2.61. The Morgan fingerprint density at radius 2 is 1.85 bits per heavy atom. The summed E-state index contributed by atoms with van der Waals surface area (Å²) in [6.07, 6.45) is 16.4. The van der Waals surface area contributed by atoms with Gasteiger partial charge in [0.05, 0.1) is 0 Å². The molecule has 4 saturated carbocycles. The minimum Gasteiger partial charge on any atom is -0.463 e. The van der Waals surface area contributed by atoms with Gasteiger partial charge >= 0.3 is 5.97 Å². The highest BCUT2D eigenvalue weighted by molar-refractivity contribution is 5.91. The van der Waals surface area contributed by atoms with Gasteiger partial charge in [0.15, 0.2) is 5.78 Å². The van der Waals surface area contributed by atoms with E-state index in [2.05, 4.69) is 13.0 Å². The van der Waals surface area contributed by atoms with E-state index in [9.17, 15) is 9.59 Å². The molecule has 5 aliphatic rings. The van der Waals surface area contributed by atoms with Gasteiger partial charge in [0, 0.05) is 13.3 Å². The summed E-state index contributed by atoms with van der Waals surface area (Å²) in [5.41, 5.74) is 0.765. The molecule has 0 bridgehead atoms. The summed E-state index contributed by atoms with van der Waals surface area (Å²) < 4.78 is 5.59. The molecule has 3 heteroatoms. The van der Waals surface area contributed by atoms with E-state index in [-0.39, 0.29) is 12.1 Å². The molecule has 0 aromatic carbocycles. The third-order valence-corrected chi connectivity index (χ3v) is 9.74. The largest absolute Gasteiger partial charge is 0.463 e. The lowest BCUT2D eigenvalue weighted by molar-refractivity contribution is -0.159. The second kappa shape index (κ2) is 6.19. The summed E-state index contributed by atoms with van der Waals surface area (Å²) in [4.78, 5) is 23.4. The lowest BCUT2D eigenvalue weighted by Gasteiger charge is -2.61. The molecule has 0 N–H and O–H groups in total. The molecule has 27 heavy (non-hydrogen) atoms. The van der Waals surface area contributed by atoms with Crippen LogP contribution in [-0.4, -0.2) is 17.9 Å². The number of hydrogen-bond donors (Lipinski definition) is 0. The van der Waals surface area contributed by atoms with E-state index in [4.69, 9.17) is 4.74 Å². The first-order valence-corrected chi connectivity index (χ1v) is 11.3. The summed E-state index contributed by atoms with van der Waals surface area (Å²) in [5, 5.41) is 0. The van der Waals surface area contributed by atoms with E-state index in [0.717, 1.165) is 37.0 Å². The van der Waals surface area contributed by atoms with E-state index >= 15 is 0 Å². The first-order chi connectivity index (χ1) is 12.9. The number of ether oxygens (including phenoxy) is 1. The van der Waals surface area contributed by atoms with Gasteiger partial charge in [-0.2, -0.15) is 0 Å². The Labute approximate surface area is 163 Å². The Morgan fingerprint density at radius 1 is 1.04 bits per heavy atom. The molecule has 0 unspecified atom stereocenters. The number of allylic oxidation sites excluding steroid dienone is 2. The number of hydrogen-bond acceptors (Lipinski definition) is 3. The smallest absolute Gasteiger partial charge is 0.302 e. The maximum atomic E-state index is 12.0. The Balaban J connectivity index is 1.39. The zero-order valence-electron chi connectivity index (χ0n) is 16.9. The Hall–Kier alpha value is -1.12. The van der Waals surface area contributed by atoms with Crippen LogP contribution >= 0.6 is 0 Å². The van der Waals surface area contributed by atoms with Crippen LogP contribution in [0.5, 0.6) is 0 Å². The van der Waals surface area contributed by atoms with Crippen molar-refractivity contribution in [3.8, 4) is 0 Å². The van der Waals surface area contributed by atoms with Crippen molar-refractivity contribution in [1.82, 2.24) is 0 Å². The third-order valence-electron chi connectivity index (χ3n) is 9.74. The number of fused-ring (bicyclic) bond motifs is 4. The summed E-state index contributed by atoms with van der Waals surface area (Å²) >= 11 is 0. The molecule has 0 aliphatic heterocycles. The fourth-order valence-corrected chi connectivity index (χ4v) is 8.59. The van der Waals surface area contributed by atoms with Crippen LogP contribution in [0, 0.1) is 40.4 Å². The van der Waals surface area contributed by atoms with Crippen molar-refractivity contribution in [2.45, 2.75) is 84.2 Å². The minimum absolute atomic E-state index is 0.118.